The smallest absolute Gasteiger partial charge is 0.254 e. The van der Waals surface area contributed by atoms with E-state index in [1.54, 1.807) is 18.2 Å². The second-order valence-corrected chi connectivity index (χ2v) is 6.55. The number of anilines is 1. The van der Waals surface area contributed by atoms with Crippen LogP contribution in [0.1, 0.15) is 20.3 Å². The molecule has 1 unspecified atom stereocenters. The van der Waals surface area contributed by atoms with Crippen LogP contribution in [0.5, 0.6) is 0 Å². The number of benzene rings is 1. The van der Waals surface area contributed by atoms with Gasteiger partial charge in [0, 0.05) is 27.9 Å². The average Bonchev–Trinajstić information content (AvgIpc) is 2.74. The van der Waals surface area contributed by atoms with Crippen LogP contribution in [0.3, 0.4) is 0 Å². The van der Waals surface area contributed by atoms with Crippen molar-refractivity contribution in [2.24, 2.45) is 5.92 Å². The van der Waals surface area contributed by atoms with Crippen LogP contribution in [0.25, 0.3) is 0 Å². The van der Waals surface area contributed by atoms with Gasteiger partial charge in [-0.05, 0) is 30.5 Å². The van der Waals surface area contributed by atoms with Gasteiger partial charge in [-0.25, -0.2) is 0 Å². The molecule has 1 heterocycles. The molecular formula is C16H16Cl2N2O3. The maximum atomic E-state index is 12.6. The van der Waals surface area contributed by atoms with E-state index in [1.165, 1.54) is 12.2 Å². The Morgan fingerprint density at radius 2 is 1.61 bits per heavy atom. The number of nitrogens with one attached hydrogen (secondary N) is 1. The fourth-order valence-electron chi connectivity index (χ4n) is 2.35. The SMILES string of the molecule is CC(C)CC(C(=O)Nc1cc(Cl)cc(Cl)c1)N1C(=O)C=CC1=O. The van der Waals surface area contributed by atoms with E-state index in [0.29, 0.717) is 22.2 Å². The van der Waals surface area contributed by atoms with Crippen LogP contribution in [0, 0.1) is 5.92 Å². The highest BCUT2D eigenvalue weighted by molar-refractivity contribution is 6.35. The van der Waals surface area contributed by atoms with E-state index in [4.69, 9.17) is 23.2 Å². The summed E-state index contributed by atoms with van der Waals surface area (Å²) in [5.74, 6) is -1.31. The zero-order chi connectivity index (χ0) is 17.1. The lowest BCUT2D eigenvalue weighted by Crippen LogP contribution is -2.48. The maximum Gasteiger partial charge on any atom is 0.254 e. The molecule has 1 aromatic rings. The highest BCUT2D eigenvalue weighted by Gasteiger charge is 2.36. The third kappa shape index (κ3) is 4.33. The van der Waals surface area contributed by atoms with E-state index >= 15 is 0 Å². The summed E-state index contributed by atoms with van der Waals surface area (Å²) in [6.07, 6.45) is 2.69. The van der Waals surface area contributed by atoms with Crippen molar-refractivity contribution in [3.63, 3.8) is 0 Å². The number of amides is 3. The summed E-state index contributed by atoms with van der Waals surface area (Å²) in [6, 6.07) is 3.75. The van der Waals surface area contributed by atoms with Gasteiger partial charge in [0.2, 0.25) is 5.91 Å². The lowest BCUT2D eigenvalue weighted by molar-refractivity contribution is -0.144. The molecule has 122 valence electrons. The zero-order valence-corrected chi connectivity index (χ0v) is 14.2. The van der Waals surface area contributed by atoms with Crippen molar-refractivity contribution in [3.8, 4) is 0 Å². The van der Waals surface area contributed by atoms with Crippen molar-refractivity contribution in [1.29, 1.82) is 0 Å². The van der Waals surface area contributed by atoms with Crippen LogP contribution in [0.4, 0.5) is 5.69 Å². The number of hydrogen-bond acceptors (Lipinski definition) is 3. The third-order valence-electron chi connectivity index (χ3n) is 3.28. The van der Waals surface area contributed by atoms with Crippen LogP contribution in [-0.4, -0.2) is 28.7 Å². The van der Waals surface area contributed by atoms with Crippen molar-refractivity contribution in [3.05, 3.63) is 40.4 Å². The monoisotopic (exact) mass is 354 g/mol. The fourth-order valence-corrected chi connectivity index (χ4v) is 2.87. The minimum atomic E-state index is -0.886. The fraction of sp³-hybridized carbons (Fsp3) is 0.312. The van der Waals surface area contributed by atoms with Crippen LogP contribution >= 0.6 is 23.2 Å². The molecule has 0 spiro atoms. The number of rotatable bonds is 5. The first-order chi connectivity index (χ1) is 10.8. The van der Waals surface area contributed by atoms with Crippen LogP contribution < -0.4 is 5.32 Å². The highest BCUT2D eigenvalue weighted by Crippen LogP contribution is 2.24. The van der Waals surface area contributed by atoms with Gasteiger partial charge in [0.25, 0.3) is 11.8 Å². The Bertz CT molecular complexity index is 648. The largest absolute Gasteiger partial charge is 0.324 e. The Balaban J connectivity index is 2.23. The lowest BCUT2D eigenvalue weighted by Gasteiger charge is -2.26. The van der Waals surface area contributed by atoms with E-state index in [0.717, 1.165) is 4.90 Å². The van der Waals surface area contributed by atoms with E-state index < -0.39 is 23.8 Å². The second kappa shape index (κ2) is 7.15. The molecule has 1 aromatic carbocycles. The number of hydrogen-bond donors (Lipinski definition) is 1. The molecule has 0 radical (unpaired) electrons. The van der Waals surface area contributed by atoms with E-state index in [1.807, 2.05) is 13.8 Å². The summed E-state index contributed by atoms with van der Waals surface area (Å²) >= 11 is 11.8. The van der Waals surface area contributed by atoms with Crippen LogP contribution in [-0.2, 0) is 14.4 Å². The molecule has 0 saturated carbocycles. The summed E-state index contributed by atoms with van der Waals surface area (Å²) in [6.45, 7) is 3.82. The number of carbonyl (C=O) groups is 3. The number of nitrogens with zero attached hydrogens (tertiary/aromatic N) is 1. The van der Waals surface area contributed by atoms with Crippen molar-refractivity contribution in [1.82, 2.24) is 4.90 Å². The molecule has 0 aromatic heterocycles. The third-order valence-corrected chi connectivity index (χ3v) is 3.72. The molecule has 2 rings (SSSR count). The van der Waals surface area contributed by atoms with E-state index in [2.05, 4.69) is 5.32 Å². The van der Waals surface area contributed by atoms with Gasteiger partial charge in [0.15, 0.2) is 0 Å². The molecule has 0 fully saturated rings. The Morgan fingerprint density at radius 3 is 2.09 bits per heavy atom. The number of imide groups is 1. The average molecular weight is 355 g/mol. The minimum Gasteiger partial charge on any atom is -0.324 e. The van der Waals surface area contributed by atoms with Gasteiger partial charge in [-0.3, -0.25) is 19.3 Å². The predicted octanol–water partition coefficient (Wildman–Crippen LogP) is 3.27. The summed E-state index contributed by atoms with van der Waals surface area (Å²) in [7, 11) is 0. The van der Waals surface area contributed by atoms with Crippen LogP contribution in [0.2, 0.25) is 10.0 Å². The Morgan fingerprint density at radius 1 is 1.09 bits per heavy atom. The van der Waals surface area contributed by atoms with Gasteiger partial charge >= 0.3 is 0 Å². The quantitative estimate of drug-likeness (QED) is 0.825. The second-order valence-electron chi connectivity index (χ2n) is 5.67. The van der Waals surface area contributed by atoms with Gasteiger partial charge in [0.1, 0.15) is 6.04 Å². The summed E-state index contributed by atoms with van der Waals surface area (Å²) in [4.78, 5) is 37.3. The van der Waals surface area contributed by atoms with Crippen molar-refractivity contribution in [2.45, 2.75) is 26.3 Å². The Hall–Kier alpha value is -1.85. The standard InChI is InChI=1S/C16H16Cl2N2O3/c1-9(2)5-13(20-14(21)3-4-15(20)22)16(23)19-12-7-10(17)6-11(18)8-12/h3-4,6-9,13H,5H2,1-2H3,(H,19,23). The first-order valence-electron chi connectivity index (χ1n) is 7.10. The summed E-state index contributed by atoms with van der Waals surface area (Å²) in [5, 5.41) is 3.42. The molecule has 0 aliphatic carbocycles. The van der Waals surface area contributed by atoms with Gasteiger partial charge < -0.3 is 5.32 Å². The first kappa shape index (κ1) is 17.5. The Kier molecular flexibility index (Phi) is 5.44. The number of carbonyl (C=O) groups excluding carboxylic acids is 3. The molecule has 0 bridgehead atoms. The van der Waals surface area contributed by atoms with Crippen molar-refractivity contribution in [2.75, 3.05) is 5.32 Å². The van der Waals surface area contributed by atoms with Crippen LogP contribution in [0.15, 0.2) is 30.4 Å². The minimum absolute atomic E-state index is 0.120. The molecule has 1 N–H and O–H groups in total. The normalized spacial score (nSPS) is 15.4. The molecule has 1 aliphatic rings. The van der Waals surface area contributed by atoms with Crippen molar-refractivity contribution >= 4 is 46.6 Å². The molecule has 1 aliphatic heterocycles. The van der Waals surface area contributed by atoms with Crippen molar-refractivity contribution < 1.29 is 14.4 Å². The topological polar surface area (TPSA) is 66.5 Å². The maximum absolute atomic E-state index is 12.6. The summed E-state index contributed by atoms with van der Waals surface area (Å²) in [5.41, 5.74) is 0.410. The molecule has 1 atom stereocenters. The molecule has 23 heavy (non-hydrogen) atoms. The van der Waals surface area contributed by atoms with Gasteiger partial charge in [-0.15, -0.1) is 0 Å². The van der Waals surface area contributed by atoms with Gasteiger partial charge in [-0.2, -0.15) is 0 Å². The molecule has 7 heteroatoms. The highest BCUT2D eigenvalue weighted by atomic mass is 35.5. The van der Waals surface area contributed by atoms with Gasteiger partial charge in [0.05, 0.1) is 0 Å². The summed E-state index contributed by atoms with van der Waals surface area (Å²) < 4.78 is 0. The van der Waals surface area contributed by atoms with E-state index in [9.17, 15) is 14.4 Å². The number of halogens is 2. The lowest BCUT2D eigenvalue weighted by atomic mass is 10.0. The van der Waals surface area contributed by atoms with Gasteiger partial charge in [-0.1, -0.05) is 37.0 Å². The molecule has 3 amide bonds. The molecule has 5 nitrogen and oxygen atoms in total. The molecule has 0 saturated heterocycles. The molecular weight excluding hydrogens is 339 g/mol. The first-order valence-corrected chi connectivity index (χ1v) is 7.85. The van der Waals surface area contributed by atoms with E-state index in [-0.39, 0.29) is 5.92 Å². The predicted molar refractivity (Wildman–Crippen MR) is 89.3 cm³/mol. The zero-order valence-electron chi connectivity index (χ0n) is 12.7. The Labute approximate surface area is 144 Å².